The van der Waals surface area contributed by atoms with Gasteiger partial charge in [-0.25, -0.2) is 0 Å². The molecule has 0 saturated heterocycles. The molecule has 0 heteroatoms. The van der Waals surface area contributed by atoms with Crippen molar-refractivity contribution in [3.8, 4) is 0 Å². The Kier molecular flexibility index (Phi) is 7.32. The summed E-state index contributed by atoms with van der Waals surface area (Å²) >= 11 is 0. The van der Waals surface area contributed by atoms with Crippen LogP contribution in [0.3, 0.4) is 0 Å². The van der Waals surface area contributed by atoms with Crippen LogP contribution in [0.15, 0.2) is 53.6 Å². The molecule has 0 bridgehead atoms. The number of allylic oxidation sites excluding steroid dienone is 5. The van der Waals surface area contributed by atoms with Gasteiger partial charge in [0.25, 0.3) is 0 Å². The van der Waals surface area contributed by atoms with Crippen LogP contribution in [0.2, 0.25) is 0 Å². The second-order valence-corrected chi connectivity index (χ2v) is 15.0. The molecule has 6 rings (SSSR count). The van der Waals surface area contributed by atoms with Crippen molar-refractivity contribution in [1.82, 2.24) is 0 Å². The van der Waals surface area contributed by atoms with Gasteiger partial charge in [0, 0.05) is 0 Å². The van der Waals surface area contributed by atoms with E-state index in [-0.39, 0.29) is 0 Å². The average molecular weight is 497 g/mol. The molecule has 5 aliphatic carbocycles. The first-order valence-electron chi connectivity index (χ1n) is 16.0. The zero-order valence-corrected chi connectivity index (χ0v) is 24.2. The molecule has 0 nitrogen and oxygen atoms in total. The zero-order chi connectivity index (χ0) is 25.6. The fourth-order valence-electron chi connectivity index (χ4n) is 9.28. The minimum Gasteiger partial charge on any atom is -0.0996 e. The maximum Gasteiger partial charge on any atom is -0.00528 e. The Bertz CT molecular complexity index is 1040. The molecule has 3 fully saturated rings. The van der Waals surface area contributed by atoms with Crippen LogP contribution < -0.4 is 0 Å². The molecule has 0 spiro atoms. The number of benzene rings is 1. The summed E-state index contributed by atoms with van der Waals surface area (Å²) < 4.78 is 0. The lowest BCUT2D eigenvalue weighted by Gasteiger charge is -2.36. The summed E-state index contributed by atoms with van der Waals surface area (Å²) in [5.74, 6) is 4.99. The van der Waals surface area contributed by atoms with Gasteiger partial charge >= 0.3 is 0 Å². The van der Waals surface area contributed by atoms with Gasteiger partial charge in [-0.2, -0.15) is 0 Å². The minimum atomic E-state index is 0.369. The van der Waals surface area contributed by atoms with Gasteiger partial charge in [0.15, 0.2) is 0 Å². The molecule has 3 saturated carbocycles. The Hall–Kier alpha value is -1.56. The summed E-state index contributed by atoms with van der Waals surface area (Å²) in [6.07, 6.45) is 25.9. The van der Waals surface area contributed by atoms with Gasteiger partial charge in [-0.05, 0) is 133 Å². The van der Waals surface area contributed by atoms with E-state index in [0.29, 0.717) is 5.41 Å². The molecule has 5 aliphatic rings. The van der Waals surface area contributed by atoms with Gasteiger partial charge in [0.1, 0.15) is 0 Å². The van der Waals surface area contributed by atoms with Gasteiger partial charge in [-0.3, -0.25) is 0 Å². The highest BCUT2D eigenvalue weighted by Crippen LogP contribution is 2.55. The van der Waals surface area contributed by atoms with E-state index in [1.807, 2.05) is 0 Å². The van der Waals surface area contributed by atoms with Crippen LogP contribution in [-0.4, -0.2) is 0 Å². The molecule has 0 heterocycles. The first-order valence-corrected chi connectivity index (χ1v) is 16.0. The van der Waals surface area contributed by atoms with Crippen molar-refractivity contribution in [3.05, 3.63) is 70.3 Å². The van der Waals surface area contributed by atoms with Gasteiger partial charge in [0.2, 0.25) is 0 Å². The molecule has 3 atom stereocenters. The van der Waals surface area contributed by atoms with E-state index in [2.05, 4.69) is 57.7 Å². The summed E-state index contributed by atoms with van der Waals surface area (Å²) in [6, 6.07) is 7.74. The molecule has 0 radical (unpaired) electrons. The first-order chi connectivity index (χ1) is 17.8. The Morgan fingerprint density at radius 1 is 0.865 bits per heavy atom. The van der Waals surface area contributed by atoms with E-state index in [1.165, 1.54) is 102 Å². The highest BCUT2D eigenvalue weighted by Gasteiger charge is 2.43. The Morgan fingerprint density at radius 2 is 1.65 bits per heavy atom. The average Bonchev–Trinajstić information content (AvgIpc) is 3.44. The Balaban J connectivity index is 1.18. The molecule has 0 N–H and O–H groups in total. The number of rotatable bonds is 5. The Labute approximate surface area is 228 Å². The number of hydrogen-bond acceptors (Lipinski definition) is 0. The van der Waals surface area contributed by atoms with Crippen molar-refractivity contribution >= 4 is 0 Å². The van der Waals surface area contributed by atoms with Gasteiger partial charge in [-0.15, -0.1) is 0 Å². The van der Waals surface area contributed by atoms with Crippen LogP contribution >= 0.6 is 0 Å². The van der Waals surface area contributed by atoms with Crippen LogP contribution in [0.5, 0.6) is 0 Å². The predicted octanol–water partition coefficient (Wildman–Crippen LogP) is 10.5. The molecule has 1 aromatic carbocycles. The summed E-state index contributed by atoms with van der Waals surface area (Å²) in [7, 11) is 0. The van der Waals surface area contributed by atoms with Gasteiger partial charge in [0.05, 0.1) is 0 Å². The Morgan fingerprint density at radius 3 is 2.41 bits per heavy atom. The number of fused-ring (bicyclic) bond motifs is 5. The third-order valence-electron chi connectivity index (χ3n) is 11.1. The van der Waals surface area contributed by atoms with E-state index in [4.69, 9.17) is 0 Å². The summed E-state index contributed by atoms with van der Waals surface area (Å²) in [5, 5.41) is 0. The molecular formula is C37H52. The molecule has 200 valence electrons. The molecule has 37 heavy (non-hydrogen) atoms. The molecule has 1 aromatic rings. The van der Waals surface area contributed by atoms with E-state index in [1.54, 1.807) is 27.8 Å². The van der Waals surface area contributed by atoms with Gasteiger partial charge < -0.3 is 0 Å². The van der Waals surface area contributed by atoms with Crippen LogP contribution in [-0.2, 0) is 12.8 Å². The SMILES string of the molecule is C=C(CC(C)(C)C)C1CCC(C2CC3=CCC=C3C3Cc4ccc(CC5CCCCC5)cc4C3C2)CC1. The molecular weight excluding hydrogens is 444 g/mol. The fourth-order valence-corrected chi connectivity index (χ4v) is 9.28. The van der Waals surface area contributed by atoms with Crippen molar-refractivity contribution in [2.24, 2.45) is 35.0 Å². The second-order valence-electron chi connectivity index (χ2n) is 15.0. The smallest absolute Gasteiger partial charge is 0.00528 e. The predicted molar refractivity (Wildman–Crippen MR) is 159 cm³/mol. The van der Waals surface area contributed by atoms with Crippen molar-refractivity contribution in [3.63, 3.8) is 0 Å². The molecule has 0 amide bonds. The normalized spacial score (nSPS) is 32.1. The van der Waals surface area contributed by atoms with Crippen molar-refractivity contribution in [1.29, 1.82) is 0 Å². The van der Waals surface area contributed by atoms with Crippen molar-refractivity contribution in [2.75, 3.05) is 0 Å². The van der Waals surface area contributed by atoms with Gasteiger partial charge in [-0.1, -0.05) is 95.4 Å². The lowest BCUT2D eigenvalue weighted by molar-refractivity contribution is 0.196. The molecule has 3 unspecified atom stereocenters. The van der Waals surface area contributed by atoms with Crippen LogP contribution in [0.25, 0.3) is 0 Å². The fraction of sp³-hybridized carbons (Fsp3) is 0.676. The van der Waals surface area contributed by atoms with E-state index < -0.39 is 0 Å². The highest BCUT2D eigenvalue weighted by atomic mass is 14.5. The van der Waals surface area contributed by atoms with Crippen LogP contribution in [0.4, 0.5) is 0 Å². The van der Waals surface area contributed by atoms with E-state index in [9.17, 15) is 0 Å². The topological polar surface area (TPSA) is 0 Å². The van der Waals surface area contributed by atoms with E-state index in [0.717, 1.165) is 35.5 Å². The standard InChI is InChI=1S/C37H52/c1-25(24-37(2,3)4)28-15-17-29(18-16-28)32-21-30-11-8-12-33(30)35-22-31-14-13-27(20-34(31)36(35)23-32)19-26-9-6-5-7-10-26/h11-14,20,26,28-29,32,35-36H,1,5-10,15-19,21-24H2,2-4H3. The highest BCUT2D eigenvalue weighted by molar-refractivity contribution is 5.49. The zero-order valence-electron chi connectivity index (χ0n) is 24.2. The summed E-state index contributed by atoms with van der Waals surface area (Å²) in [4.78, 5) is 0. The lowest BCUT2D eigenvalue weighted by atomic mass is 9.69. The first kappa shape index (κ1) is 25.7. The molecule has 0 aliphatic heterocycles. The van der Waals surface area contributed by atoms with Crippen molar-refractivity contribution < 1.29 is 0 Å². The minimum absolute atomic E-state index is 0.369. The third kappa shape index (κ3) is 5.60. The van der Waals surface area contributed by atoms with Crippen molar-refractivity contribution in [2.45, 2.75) is 123 Å². The second kappa shape index (κ2) is 10.5. The van der Waals surface area contributed by atoms with Crippen LogP contribution in [0, 0.1) is 35.0 Å². The monoisotopic (exact) mass is 496 g/mol. The lowest BCUT2D eigenvalue weighted by Crippen LogP contribution is -2.24. The quantitative estimate of drug-likeness (QED) is 0.356. The summed E-state index contributed by atoms with van der Waals surface area (Å²) in [6.45, 7) is 11.7. The molecule has 0 aromatic heterocycles. The maximum absolute atomic E-state index is 4.56. The van der Waals surface area contributed by atoms with E-state index >= 15 is 0 Å². The number of hydrogen-bond donors (Lipinski definition) is 0. The largest absolute Gasteiger partial charge is 0.0996 e. The third-order valence-corrected chi connectivity index (χ3v) is 11.1. The maximum atomic E-state index is 4.56. The van der Waals surface area contributed by atoms with Crippen LogP contribution in [0.1, 0.15) is 127 Å². The summed E-state index contributed by atoms with van der Waals surface area (Å²) in [5.41, 5.74) is 10.5.